The molecule has 2 N–H and O–H groups in total. The van der Waals surface area contributed by atoms with E-state index in [4.69, 9.17) is 5.11 Å². The molecule has 0 aromatic heterocycles. The summed E-state index contributed by atoms with van der Waals surface area (Å²) in [6, 6.07) is 0.0614. The fraction of sp³-hybridized carbons (Fsp3) is 0.846. The van der Waals surface area contributed by atoms with Crippen molar-refractivity contribution in [3.63, 3.8) is 0 Å². The van der Waals surface area contributed by atoms with E-state index in [0.29, 0.717) is 19.1 Å². The van der Waals surface area contributed by atoms with E-state index in [-0.39, 0.29) is 18.5 Å². The molecule has 2 atom stereocenters. The number of hydrogen-bond acceptors (Lipinski definition) is 3. The molecule has 0 saturated carbocycles. The largest absolute Gasteiger partial charge is 0.481 e. The molecule has 2 amide bonds. The predicted molar refractivity (Wildman–Crippen MR) is 73.1 cm³/mol. The average molecular weight is 271 g/mol. The third kappa shape index (κ3) is 5.06. The molecule has 0 aromatic carbocycles. The van der Waals surface area contributed by atoms with E-state index in [0.717, 1.165) is 19.5 Å². The first-order valence-electron chi connectivity index (χ1n) is 6.95. The molecule has 1 heterocycles. The van der Waals surface area contributed by atoms with Gasteiger partial charge in [-0.05, 0) is 20.3 Å². The fourth-order valence-electron chi connectivity index (χ4n) is 2.24. The lowest BCUT2D eigenvalue weighted by molar-refractivity contribution is -0.137. The van der Waals surface area contributed by atoms with Crippen molar-refractivity contribution in [2.75, 3.05) is 26.2 Å². The van der Waals surface area contributed by atoms with Gasteiger partial charge < -0.3 is 15.3 Å². The van der Waals surface area contributed by atoms with Gasteiger partial charge in [-0.2, -0.15) is 0 Å². The van der Waals surface area contributed by atoms with Gasteiger partial charge in [-0.3, -0.25) is 9.69 Å². The lowest BCUT2D eigenvalue weighted by atomic mass is 10.2. The van der Waals surface area contributed by atoms with Gasteiger partial charge in [-0.25, -0.2) is 4.79 Å². The van der Waals surface area contributed by atoms with Crippen LogP contribution in [0.2, 0.25) is 0 Å². The summed E-state index contributed by atoms with van der Waals surface area (Å²) < 4.78 is 0. The Morgan fingerprint density at radius 1 is 1.21 bits per heavy atom. The summed E-state index contributed by atoms with van der Waals surface area (Å²) in [4.78, 5) is 26.6. The van der Waals surface area contributed by atoms with Gasteiger partial charge in [-0.15, -0.1) is 0 Å². The Bertz CT molecular complexity index is 314. The molecule has 0 aromatic rings. The zero-order valence-electron chi connectivity index (χ0n) is 12.1. The van der Waals surface area contributed by atoms with Crippen molar-refractivity contribution in [1.82, 2.24) is 15.1 Å². The Hall–Kier alpha value is -1.30. The molecule has 0 bridgehead atoms. The van der Waals surface area contributed by atoms with E-state index < -0.39 is 5.97 Å². The maximum atomic E-state index is 11.9. The first-order chi connectivity index (χ1) is 8.93. The Balaban J connectivity index is 2.34. The summed E-state index contributed by atoms with van der Waals surface area (Å²) in [5, 5.41) is 11.4. The summed E-state index contributed by atoms with van der Waals surface area (Å²) >= 11 is 0. The smallest absolute Gasteiger partial charge is 0.317 e. The lowest BCUT2D eigenvalue weighted by Crippen LogP contribution is -2.54. The van der Waals surface area contributed by atoms with Crippen LogP contribution in [0.5, 0.6) is 0 Å². The van der Waals surface area contributed by atoms with Gasteiger partial charge in [0, 0.05) is 38.3 Å². The molecular weight excluding hydrogens is 246 g/mol. The van der Waals surface area contributed by atoms with Gasteiger partial charge >= 0.3 is 12.0 Å². The predicted octanol–water partition coefficient (Wildman–Crippen LogP) is 0.975. The van der Waals surface area contributed by atoms with Gasteiger partial charge in [0.25, 0.3) is 0 Å². The van der Waals surface area contributed by atoms with Gasteiger partial charge in [0.15, 0.2) is 0 Å². The minimum absolute atomic E-state index is 0.0431. The Kier molecular flexibility index (Phi) is 6.08. The topological polar surface area (TPSA) is 72.9 Å². The van der Waals surface area contributed by atoms with Crippen LogP contribution in [0, 0.1) is 0 Å². The number of carbonyl (C=O) groups is 2. The van der Waals surface area contributed by atoms with E-state index >= 15 is 0 Å². The van der Waals surface area contributed by atoms with Crippen LogP contribution in [0.1, 0.15) is 33.6 Å². The molecule has 0 aliphatic carbocycles. The van der Waals surface area contributed by atoms with E-state index in [1.807, 2.05) is 0 Å². The van der Waals surface area contributed by atoms with Crippen LogP contribution in [0.25, 0.3) is 0 Å². The number of nitrogens with zero attached hydrogens (tertiary/aromatic N) is 2. The molecule has 1 fully saturated rings. The maximum Gasteiger partial charge on any atom is 0.317 e. The Morgan fingerprint density at radius 3 is 2.26 bits per heavy atom. The molecular formula is C13H25N3O3. The van der Waals surface area contributed by atoms with Crippen LogP contribution in [-0.2, 0) is 4.79 Å². The maximum absolute atomic E-state index is 11.9. The zero-order valence-corrected chi connectivity index (χ0v) is 12.1. The number of amides is 2. The van der Waals surface area contributed by atoms with E-state index in [1.165, 1.54) is 0 Å². The lowest BCUT2D eigenvalue weighted by Gasteiger charge is -2.38. The molecule has 6 nitrogen and oxygen atoms in total. The van der Waals surface area contributed by atoms with Crippen LogP contribution < -0.4 is 5.32 Å². The first kappa shape index (κ1) is 15.8. The van der Waals surface area contributed by atoms with Crippen molar-refractivity contribution in [1.29, 1.82) is 0 Å². The third-order valence-electron chi connectivity index (χ3n) is 3.67. The summed E-state index contributed by atoms with van der Waals surface area (Å²) in [6.07, 6.45) is 1.07. The molecule has 0 radical (unpaired) electrons. The highest BCUT2D eigenvalue weighted by atomic mass is 16.4. The van der Waals surface area contributed by atoms with Gasteiger partial charge in [0.1, 0.15) is 0 Å². The number of carbonyl (C=O) groups excluding carboxylic acids is 1. The second-order valence-corrected chi connectivity index (χ2v) is 5.23. The van der Waals surface area contributed by atoms with E-state index in [9.17, 15) is 9.59 Å². The molecule has 1 saturated heterocycles. The van der Waals surface area contributed by atoms with Gasteiger partial charge in [0.2, 0.25) is 0 Å². The molecule has 0 spiro atoms. The first-order valence-corrected chi connectivity index (χ1v) is 6.95. The van der Waals surface area contributed by atoms with E-state index in [1.54, 1.807) is 11.8 Å². The van der Waals surface area contributed by atoms with Crippen molar-refractivity contribution in [3.8, 4) is 0 Å². The molecule has 1 aliphatic rings. The summed E-state index contributed by atoms with van der Waals surface area (Å²) in [5.41, 5.74) is 0. The number of aliphatic carboxylic acids is 1. The van der Waals surface area contributed by atoms with E-state index in [2.05, 4.69) is 24.1 Å². The van der Waals surface area contributed by atoms with Crippen molar-refractivity contribution in [2.45, 2.75) is 45.7 Å². The number of hydrogen-bond donors (Lipinski definition) is 2. The molecule has 2 unspecified atom stereocenters. The Morgan fingerprint density at radius 2 is 1.79 bits per heavy atom. The van der Waals surface area contributed by atoms with Crippen molar-refractivity contribution < 1.29 is 14.7 Å². The summed E-state index contributed by atoms with van der Waals surface area (Å²) in [7, 11) is 0. The third-order valence-corrected chi connectivity index (χ3v) is 3.67. The Labute approximate surface area is 114 Å². The van der Waals surface area contributed by atoms with Crippen LogP contribution >= 0.6 is 0 Å². The van der Waals surface area contributed by atoms with Crippen LogP contribution in [0.4, 0.5) is 4.79 Å². The van der Waals surface area contributed by atoms with Crippen LogP contribution in [-0.4, -0.2) is 65.2 Å². The average Bonchev–Trinajstić information content (AvgIpc) is 2.36. The molecule has 1 aliphatic heterocycles. The quantitative estimate of drug-likeness (QED) is 0.781. The van der Waals surface area contributed by atoms with Crippen LogP contribution in [0.15, 0.2) is 0 Å². The molecule has 19 heavy (non-hydrogen) atoms. The highest BCUT2D eigenvalue weighted by Gasteiger charge is 2.24. The number of rotatable bonds is 5. The SMILES string of the molecule is CCC(C)N1CCN(C(=O)NC(C)CC(=O)O)CC1. The van der Waals surface area contributed by atoms with Crippen molar-refractivity contribution in [2.24, 2.45) is 0 Å². The molecule has 1 rings (SSSR count). The molecule has 6 heteroatoms. The standard InChI is InChI=1S/C13H25N3O3/c1-4-11(3)15-5-7-16(8-6-15)13(19)14-10(2)9-12(17)18/h10-11H,4-9H2,1-3H3,(H,14,19)(H,17,18). The van der Waals surface area contributed by atoms with Crippen molar-refractivity contribution >= 4 is 12.0 Å². The highest BCUT2D eigenvalue weighted by molar-refractivity contribution is 5.76. The van der Waals surface area contributed by atoms with Gasteiger partial charge in [0.05, 0.1) is 6.42 Å². The number of carboxylic acids is 1. The van der Waals surface area contributed by atoms with Gasteiger partial charge in [-0.1, -0.05) is 6.92 Å². The second-order valence-electron chi connectivity index (χ2n) is 5.23. The van der Waals surface area contributed by atoms with Crippen molar-refractivity contribution in [3.05, 3.63) is 0 Å². The molecule has 110 valence electrons. The number of nitrogens with one attached hydrogen (secondary N) is 1. The van der Waals surface area contributed by atoms with Crippen LogP contribution in [0.3, 0.4) is 0 Å². The second kappa shape index (κ2) is 7.33. The summed E-state index contributed by atoms with van der Waals surface area (Å²) in [6.45, 7) is 9.25. The fourth-order valence-corrected chi connectivity index (χ4v) is 2.24. The normalized spacial score (nSPS) is 19.8. The number of piperazine rings is 1. The zero-order chi connectivity index (χ0) is 14.4. The highest BCUT2D eigenvalue weighted by Crippen LogP contribution is 2.09. The summed E-state index contributed by atoms with van der Waals surface area (Å²) in [5.74, 6) is -0.894. The minimum atomic E-state index is -0.894. The minimum Gasteiger partial charge on any atom is -0.481 e. The monoisotopic (exact) mass is 271 g/mol. The number of urea groups is 1. The number of carboxylic acid groups (broad SMARTS) is 1.